The number of carbonyl (C=O) groups is 1. The minimum absolute atomic E-state index is 0.0974. The van der Waals surface area contributed by atoms with Crippen LogP contribution in [0.2, 0.25) is 0 Å². The molecule has 2 aromatic rings. The number of nitrogens with zero attached hydrogens (tertiary/aromatic N) is 1. The molecule has 2 N–H and O–H groups in total. The number of hydrogen-bond acceptors (Lipinski definition) is 2. The summed E-state index contributed by atoms with van der Waals surface area (Å²) in [6.07, 6.45) is 4.81. The predicted molar refractivity (Wildman–Crippen MR) is 102 cm³/mol. The molecule has 2 amide bonds. The molecule has 2 aromatic carbocycles. The maximum absolute atomic E-state index is 12.7. The van der Waals surface area contributed by atoms with Gasteiger partial charge in [0.1, 0.15) is 0 Å². The first kappa shape index (κ1) is 16.0. The van der Waals surface area contributed by atoms with Crippen molar-refractivity contribution >= 4 is 17.4 Å². The number of anilines is 2. The van der Waals surface area contributed by atoms with E-state index in [0.717, 1.165) is 24.5 Å². The fraction of sp³-hybridized carbons (Fsp3) is 0.381. The lowest BCUT2D eigenvalue weighted by Crippen LogP contribution is -2.34. The largest absolute Gasteiger partial charge is 0.370 e. The molecule has 1 aliphatic heterocycles. The van der Waals surface area contributed by atoms with Gasteiger partial charge in [-0.2, -0.15) is 0 Å². The summed E-state index contributed by atoms with van der Waals surface area (Å²) in [5.41, 5.74) is 3.20. The van der Waals surface area contributed by atoms with E-state index in [4.69, 9.17) is 0 Å². The number of carbonyl (C=O) groups excluding carboxylic acids is 1. The Morgan fingerprint density at radius 3 is 2.36 bits per heavy atom. The van der Waals surface area contributed by atoms with Crippen molar-refractivity contribution in [2.45, 2.75) is 31.7 Å². The Balaban J connectivity index is 1.47. The molecule has 0 spiro atoms. The quantitative estimate of drug-likeness (QED) is 0.841. The van der Waals surface area contributed by atoms with Crippen LogP contribution in [0.1, 0.15) is 37.3 Å². The highest BCUT2D eigenvalue weighted by Gasteiger charge is 2.33. The highest BCUT2D eigenvalue weighted by molar-refractivity contribution is 5.93. The third-order valence-corrected chi connectivity index (χ3v) is 5.14. The van der Waals surface area contributed by atoms with Crippen LogP contribution in [0.25, 0.3) is 0 Å². The average molecular weight is 335 g/mol. The predicted octanol–water partition coefficient (Wildman–Crippen LogP) is 4.56. The zero-order valence-electron chi connectivity index (χ0n) is 14.4. The number of hydrogen-bond donors (Lipinski definition) is 2. The van der Waals surface area contributed by atoms with Gasteiger partial charge in [-0.05, 0) is 49.3 Å². The molecule has 0 radical (unpaired) electrons. The molecule has 4 rings (SSSR count). The van der Waals surface area contributed by atoms with E-state index in [-0.39, 0.29) is 12.1 Å². The van der Waals surface area contributed by atoms with Crippen molar-refractivity contribution < 1.29 is 4.79 Å². The summed E-state index contributed by atoms with van der Waals surface area (Å²) in [5.74, 6) is 0.557. The lowest BCUT2D eigenvalue weighted by molar-refractivity contribution is 0.247. The van der Waals surface area contributed by atoms with Gasteiger partial charge in [0.25, 0.3) is 0 Å². The zero-order chi connectivity index (χ0) is 17.1. The smallest absolute Gasteiger partial charge is 0.319 e. The van der Waals surface area contributed by atoms with Crippen LogP contribution in [0.4, 0.5) is 16.2 Å². The van der Waals surface area contributed by atoms with Crippen molar-refractivity contribution in [1.29, 1.82) is 0 Å². The lowest BCUT2D eigenvalue weighted by atomic mass is 10.0. The SMILES string of the molecule is O=C(Nc1ccccc1N1CCCC1)N[C@@H](c1ccccc1)C1CC1. The van der Waals surface area contributed by atoms with Gasteiger partial charge < -0.3 is 15.5 Å². The molecule has 0 bridgehead atoms. The number of urea groups is 1. The van der Waals surface area contributed by atoms with Crippen LogP contribution >= 0.6 is 0 Å². The second-order valence-electron chi connectivity index (χ2n) is 7.04. The van der Waals surface area contributed by atoms with Gasteiger partial charge >= 0.3 is 6.03 Å². The van der Waals surface area contributed by atoms with E-state index < -0.39 is 0 Å². The van der Waals surface area contributed by atoms with Gasteiger partial charge in [-0.25, -0.2) is 4.79 Å². The standard InChI is InChI=1S/C21H25N3O/c25-21(23-20(17-12-13-17)16-8-2-1-3-9-16)22-18-10-4-5-11-19(18)24-14-6-7-15-24/h1-5,8-11,17,20H,6-7,12-15H2,(H2,22,23,25)/t20-/m0/s1. The molecular weight excluding hydrogens is 310 g/mol. The van der Waals surface area contributed by atoms with Gasteiger partial charge in [-0.1, -0.05) is 42.5 Å². The van der Waals surface area contributed by atoms with Gasteiger partial charge in [0.05, 0.1) is 17.4 Å². The number of amides is 2. The summed E-state index contributed by atoms with van der Waals surface area (Å²) < 4.78 is 0. The summed E-state index contributed by atoms with van der Waals surface area (Å²) >= 11 is 0. The van der Waals surface area contributed by atoms with E-state index in [1.807, 2.05) is 36.4 Å². The van der Waals surface area contributed by atoms with Crippen molar-refractivity contribution in [1.82, 2.24) is 5.32 Å². The van der Waals surface area contributed by atoms with Crippen molar-refractivity contribution in [3.05, 3.63) is 60.2 Å². The van der Waals surface area contributed by atoms with Crippen LogP contribution in [0.3, 0.4) is 0 Å². The van der Waals surface area contributed by atoms with E-state index in [1.165, 1.54) is 31.2 Å². The first-order valence-corrected chi connectivity index (χ1v) is 9.28. The normalized spacial score (nSPS) is 18.0. The molecule has 1 saturated heterocycles. The minimum atomic E-state index is -0.118. The van der Waals surface area contributed by atoms with Crippen LogP contribution in [-0.2, 0) is 0 Å². The van der Waals surface area contributed by atoms with Gasteiger partial charge in [0, 0.05) is 13.1 Å². The van der Waals surface area contributed by atoms with E-state index in [2.05, 4.69) is 33.7 Å². The van der Waals surface area contributed by atoms with Crippen molar-refractivity contribution in [2.75, 3.05) is 23.3 Å². The average Bonchev–Trinajstić information content (AvgIpc) is 3.34. The topological polar surface area (TPSA) is 44.4 Å². The third-order valence-electron chi connectivity index (χ3n) is 5.14. The van der Waals surface area contributed by atoms with Gasteiger partial charge in [-0.3, -0.25) is 0 Å². The van der Waals surface area contributed by atoms with Gasteiger partial charge in [0.15, 0.2) is 0 Å². The first-order chi connectivity index (χ1) is 12.3. The molecule has 2 fully saturated rings. The van der Waals surface area contributed by atoms with Crippen molar-refractivity contribution in [3.63, 3.8) is 0 Å². The van der Waals surface area contributed by atoms with E-state index in [1.54, 1.807) is 0 Å². The Kier molecular flexibility index (Phi) is 4.59. The van der Waals surface area contributed by atoms with Gasteiger partial charge in [-0.15, -0.1) is 0 Å². The van der Waals surface area contributed by atoms with Gasteiger partial charge in [0.2, 0.25) is 0 Å². The molecule has 4 nitrogen and oxygen atoms in total. The molecule has 130 valence electrons. The number of nitrogens with one attached hydrogen (secondary N) is 2. The molecule has 1 atom stereocenters. The number of rotatable bonds is 5. The highest BCUT2D eigenvalue weighted by atomic mass is 16.2. The molecule has 1 saturated carbocycles. The minimum Gasteiger partial charge on any atom is -0.370 e. The number of benzene rings is 2. The summed E-state index contributed by atoms with van der Waals surface area (Å²) in [7, 11) is 0. The lowest BCUT2D eigenvalue weighted by Gasteiger charge is -2.23. The third kappa shape index (κ3) is 3.78. The zero-order valence-corrected chi connectivity index (χ0v) is 14.4. The molecule has 0 aromatic heterocycles. The van der Waals surface area contributed by atoms with Crippen LogP contribution in [-0.4, -0.2) is 19.1 Å². The number of para-hydroxylation sites is 2. The molecular formula is C21H25N3O. The van der Waals surface area contributed by atoms with E-state index in [0.29, 0.717) is 5.92 Å². The van der Waals surface area contributed by atoms with Crippen LogP contribution in [0.15, 0.2) is 54.6 Å². The molecule has 2 aliphatic rings. The Morgan fingerprint density at radius 1 is 0.960 bits per heavy atom. The van der Waals surface area contributed by atoms with E-state index in [9.17, 15) is 4.79 Å². The Labute approximate surface area is 149 Å². The maximum atomic E-state index is 12.7. The Bertz CT molecular complexity index is 721. The Morgan fingerprint density at radius 2 is 1.64 bits per heavy atom. The van der Waals surface area contributed by atoms with E-state index >= 15 is 0 Å². The second-order valence-corrected chi connectivity index (χ2v) is 7.04. The van der Waals surface area contributed by atoms with Crippen LogP contribution in [0.5, 0.6) is 0 Å². The molecule has 0 unspecified atom stereocenters. The maximum Gasteiger partial charge on any atom is 0.319 e. The second kappa shape index (κ2) is 7.18. The Hall–Kier alpha value is -2.49. The molecule has 25 heavy (non-hydrogen) atoms. The summed E-state index contributed by atoms with van der Waals surface area (Å²) in [4.78, 5) is 15.0. The summed E-state index contributed by atoms with van der Waals surface area (Å²) in [6.45, 7) is 2.13. The van der Waals surface area contributed by atoms with Crippen molar-refractivity contribution in [2.24, 2.45) is 5.92 Å². The summed E-state index contributed by atoms with van der Waals surface area (Å²) in [6, 6.07) is 18.4. The monoisotopic (exact) mass is 335 g/mol. The highest BCUT2D eigenvalue weighted by Crippen LogP contribution is 2.41. The van der Waals surface area contributed by atoms with Crippen LogP contribution in [0, 0.1) is 5.92 Å². The fourth-order valence-corrected chi connectivity index (χ4v) is 3.68. The molecule has 4 heteroatoms. The molecule has 1 heterocycles. The first-order valence-electron chi connectivity index (χ1n) is 9.28. The summed E-state index contributed by atoms with van der Waals surface area (Å²) in [5, 5.41) is 6.27. The van der Waals surface area contributed by atoms with Crippen LogP contribution < -0.4 is 15.5 Å². The molecule has 1 aliphatic carbocycles. The van der Waals surface area contributed by atoms with Crippen molar-refractivity contribution in [3.8, 4) is 0 Å². The fourth-order valence-electron chi connectivity index (χ4n) is 3.68.